The number of likely N-dealkylation sites (tertiary alicyclic amines) is 1. The number of benzene rings is 1. The summed E-state index contributed by atoms with van der Waals surface area (Å²) in [6, 6.07) is 6.32. The van der Waals surface area contributed by atoms with Gasteiger partial charge in [-0.1, -0.05) is 12.1 Å². The summed E-state index contributed by atoms with van der Waals surface area (Å²) in [6.45, 7) is 1.60. The number of carbonyl (C=O) groups is 2. The zero-order valence-corrected chi connectivity index (χ0v) is 14.6. The molecule has 1 aromatic rings. The summed E-state index contributed by atoms with van der Waals surface area (Å²) in [4.78, 5) is 28.3. The number of carboxylic acids is 1. The van der Waals surface area contributed by atoms with Gasteiger partial charge in [-0.25, -0.2) is 4.79 Å². The first-order valence-corrected chi connectivity index (χ1v) is 8.45. The number of ether oxygens (including phenoxy) is 2. The summed E-state index contributed by atoms with van der Waals surface area (Å²) in [5.74, 6) is -0.505. The number of hydrogen-bond donors (Lipinski definition) is 1. The van der Waals surface area contributed by atoms with Gasteiger partial charge in [0.1, 0.15) is 11.5 Å². The lowest BCUT2D eigenvalue weighted by Crippen LogP contribution is -2.58. The summed E-state index contributed by atoms with van der Waals surface area (Å²) in [5, 5.41) is 9.53. The van der Waals surface area contributed by atoms with E-state index in [0.717, 1.165) is 24.4 Å². The lowest BCUT2D eigenvalue weighted by molar-refractivity contribution is -0.164. The van der Waals surface area contributed by atoms with Crippen molar-refractivity contribution >= 4 is 11.9 Å². The predicted octanol–water partition coefficient (Wildman–Crippen LogP) is 0.972. The number of carbonyl (C=O) groups excluding carboxylic acids is 1. The van der Waals surface area contributed by atoms with Crippen molar-refractivity contribution in [2.24, 2.45) is 0 Å². The van der Waals surface area contributed by atoms with Crippen molar-refractivity contribution in [3.05, 3.63) is 29.8 Å². The minimum absolute atomic E-state index is 0.0490. The number of piperidine rings is 1. The van der Waals surface area contributed by atoms with Gasteiger partial charge in [-0.3, -0.25) is 9.69 Å². The number of amides is 1. The highest BCUT2D eigenvalue weighted by atomic mass is 16.5. The minimum atomic E-state index is -1.01. The van der Waals surface area contributed by atoms with Crippen LogP contribution < -0.4 is 4.74 Å². The largest absolute Gasteiger partial charge is 0.497 e. The number of carboxylic acid groups (broad SMARTS) is 1. The van der Waals surface area contributed by atoms with Crippen molar-refractivity contribution in [1.82, 2.24) is 9.80 Å². The Morgan fingerprint density at radius 1 is 1.28 bits per heavy atom. The van der Waals surface area contributed by atoms with E-state index in [1.54, 1.807) is 19.2 Å². The minimum Gasteiger partial charge on any atom is -0.497 e. The van der Waals surface area contributed by atoms with Gasteiger partial charge in [0.25, 0.3) is 0 Å². The Hall–Kier alpha value is -2.12. The normalized spacial score (nSPS) is 23.0. The molecule has 1 N–H and O–H groups in total. The molecule has 7 heteroatoms. The zero-order valence-electron chi connectivity index (χ0n) is 14.6. The van der Waals surface area contributed by atoms with E-state index in [4.69, 9.17) is 9.47 Å². The molecule has 2 aliphatic rings. The average Bonchev–Trinajstić information content (AvgIpc) is 2.98. The Bertz CT molecular complexity index is 637. The Balaban J connectivity index is 1.81. The van der Waals surface area contributed by atoms with E-state index in [-0.39, 0.29) is 18.9 Å². The van der Waals surface area contributed by atoms with Gasteiger partial charge in [-0.2, -0.15) is 0 Å². The average molecular weight is 348 g/mol. The van der Waals surface area contributed by atoms with Crippen LogP contribution in [-0.2, 0) is 20.7 Å². The van der Waals surface area contributed by atoms with Crippen molar-refractivity contribution in [1.29, 1.82) is 0 Å². The van der Waals surface area contributed by atoms with E-state index in [1.807, 2.05) is 19.2 Å². The Morgan fingerprint density at radius 2 is 1.92 bits per heavy atom. The molecule has 2 saturated heterocycles. The van der Waals surface area contributed by atoms with Crippen LogP contribution in [0.15, 0.2) is 24.3 Å². The van der Waals surface area contributed by atoms with E-state index in [9.17, 15) is 14.7 Å². The number of rotatable bonds is 4. The van der Waals surface area contributed by atoms with Crippen LogP contribution in [0, 0.1) is 0 Å². The summed E-state index contributed by atoms with van der Waals surface area (Å²) in [5.41, 5.74) is 0.0315. The summed E-state index contributed by atoms with van der Waals surface area (Å²) >= 11 is 0. The molecule has 136 valence electrons. The van der Waals surface area contributed by atoms with E-state index >= 15 is 0 Å². The van der Waals surface area contributed by atoms with Gasteiger partial charge in [-0.15, -0.1) is 0 Å². The lowest BCUT2D eigenvalue weighted by Gasteiger charge is -2.43. The second-order valence-electron chi connectivity index (χ2n) is 6.70. The van der Waals surface area contributed by atoms with E-state index in [0.29, 0.717) is 12.8 Å². The molecule has 1 spiro atoms. The second kappa shape index (κ2) is 7.01. The fourth-order valence-corrected chi connectivity index (χ4v) is 3.60. The molecule has 2 heterocycles. The first-order valence-electron chi connectivity index (χ1n) is 8.45. The van der Waals surface area contributed by atoms with E-state index < -0.39 is 17.7 Å². The zero-order chi connectivity index (χ0) is 18.0. The first kappa shape index (κ1) is 17.7. The third kappa shape index (κ3) is 3.48. The van der Waals surface area contributed by atoms with Crippen LogP contribution in [0.4, 0.5) is 0 Å². The molecule has 2 fully saturated rings. The summed E-state index contributed by atoms with van der Waals surface area (Å²) < 4.78 is 11.0. The van der Waals surface area contributed by atoms with Crippen molar-refractivity contribution in [2.75, 3.05) is 33.9 Å². The van der Waals surface area contributed by atoms with Crippen LogP contribution >= 0.6 is 0 Å². The molecule has 1 amide bonds. The number of aliphatic carboxylic acids is 1. The second-order valence-corrected chi connectivity index (χ2v) is 6.70. The van der Waals surface area contributed by atoms with Crippen LogP contribution in [0.5, 0.6) is 5.75 Å². The maximum Gasteiger partial charge on any atom is 0.328 e. The van der Waals surface area contributed by atoms with Gasteiger partial charge in [0.2, 0.25) is 5.91 Å². The fraction of sp³-hybridized carbons (Fsp3) is 0.556. The quantitative estimate of drug-likeness (QED) is 0.874. The number of nitrogens with zero attached hydrogens (tertiary/aromatic N) is 2. The highest BCUT2D eigenvalue weighted by molar-refractivity contribution is 5.86. The van der Waals surface area contributed by atoms with Crippen molar-refractivity contribution in [3.8, 4) is 5.75 Å². The van der Waals surface area contributed by atoms with Gasteiger partial charge in [0.05, 0.1) is 20.1 Å². The monoisotopic (exact) mass is 348 g/mol. The standard InChI is InChI=1S/C18H24N2O5/c1-19-9-7-18(8-10-19)20(15(12-25-18)17(22)23)16(21)11-13-3-5-14(24-2)6-4-13/h3-6,15H,7-12H2,1-2H3,(H,22,23). The van der Waals surface area contributed by atoms with Crippen molar-refractivity contribution in [3.63, 3.8) is 0 Å². The van der Waals surface area contributed by atoms with Gasteiger partial charge in [0.15, 0.2) is 6.04 Å². The molecule has 1 unspecified atom stereocenters. The Kier molecular flexibility index (Phi) is 4.96. The molecule has 0 radical (unpaired) electrons. The third-order valence-electron chi connectivity index (χ3n) is 5.10. The van der Waals surface area contributed by atoms with Crippen molar-refractivity contribution < 1.29 is 24.2 Å². The van der Waals surface area contributed by atoms with Gasteiger partial charge >= 0.3 is 5.97 Å². The summed E-state index contributed by atoms with van der Waals surface area (Å²) in [6.07, 6.45) is 1.40. The van der Waals surface area contributed by atoms with Crippen LogP contribution in [0.3, 0.4) is 0 Å². The smallest absolute Gasteiger partial charge is 0.328 e. The molecule has 0 bridgehead atoms. The molecule has 1 aromatic carbocycles. The van der Waals surface area contributed by atoms with Crippen LogP contribution in [0.1, 0.15) is 18.4 Å². The predicted molar refractivity (Wildman–Crippen MR) is 90.4 cm³/mol. The molecular weight excluding hydrogens is 324 g/mol. The SMILES string of the molecule is COc1ccc(CC(=O)N2C(C(=O)O)COC23CCN(C)CC3)cc1. The molecule has 3 rings (SSSR count). The molecule has 2 aliphatic heterocycles. The van der Waals surface area contributed by atoms with Gasteiger partial charge in [0, 0.05) is 25.9 Å². The third-order valence-corrected chi connectivity index (χ3v) is 5.10. The highest BCUT2D eigenvalue weighted by Crippen LogP contribution is 2.37. The highest BCUT2D eigenvalue weighted by Gasteiger charge is 2.53. The molecular formula is C18H24N2O5. The fourth-order valence-electron chi connectivity index (χ4n) is 3.60. The Morgan fingerprint density at radius 3 is 2.48 bits per heavy atom. The number of hydrogen-bond acceptors (Lipinski definition) is 5. The molecule has 7 nitrogen and oxygen atoms in total. The van der Waals surface area contributed by atoms with E-state index in [2.05, 4.69) is 4.90 Å². The molecule has 0 aromatic heterocycles. The summed E-state index contributed by atoms with van der Waals surface area (Å²) in [7, 11) is 3.60. The van der Waals surface area contributed by atoms with Gasteiger partial charge in [-0.05, 0) is 24.7 Å². The van der Waals surface area contributed by atoms with E-state index in [1.165, 1.54) is 4.90 Å². The van der Waals surface area contributed by atoms with Crippen LogP contribution in [0.25, 0.3) is 0 Å². The Labute approximate surface area is 147 Å². The maximum atomic E-state index is 13.0. The van der Waals surface area contributed by atoms with Crippen LogP contribution in [0.2, 0.25) is 0 Å². The lowest BCUT2D eigenvalue weighted by atomic mass is 9.97. The maximum absolute atomic E-state index is 13.0. The molecule has 1 atom stereocenters. The number of methoxy groups -OCH3 is 1. The van der Waals surface area contributed by atoms with Crippen molar-refractivity contribution in [2.45, 2.75) is 31.0 Å². The van der Waals surface area contributed by atoms with Gasteiger partial charge < -0.3 is 19.5 Å². The van der Waals surface area contributed by atoms with Crippen LogP contribution in [-0.4, -0.2) is 72.4 Å². The first-order chi connectivity index (χ1) is 11.9. The molecule has 0 aliphatic carbocycles. The molecule has 0 saturated carbocycles. The molecule has 25 heavy (non-hydrogen) atoms. The topological polar surface area (TPSA) is 79.3 Å².